The number of aryl methyl sites for hydroxylation is 1. The lowest BCUT2D eigenvalue weighted by Gasteiger charge is -2.14. The van der Waals surface area contributed by atoms with E-state index in [1.165, 1.54) is 31.2 Å². The van der Waals surface area contributed by atoms with Crippen LogP contribution in [0, 0.1) is 0 Å². The summed E-state index contributed by atoms with van der Waals surface area (Å²) >= 11 is 0. The van der Waals surface area contributed by atoms with Crippen molar-refractivity contribution in [3.63, 3.8) is 0 Å². The third-order valence-electron chi connectivity index (χ3n) is 3.95. The largest absolute Gasteiger partial charge is 0.497 e. The predicted octanol–water partition coefficient (Wildman–Crippen LogP) is 3.20. The second-order valence-corrected chi connectivity index (χ2v) is 7.70. The zero-order valence-corrected chi connectivity index (χ0v) is 15.5. The zero-order valence-electron chi connectivity index (χ0n) is 14.7. The van der Waals surface area contributed by atoms with E-state index >= 15 is 0 Å². The van der Waals surface area contributed by atoms with Crippen LogP contribution in [-0.2, 0) is 16.4 Å². The van der Waals surface area contributed by atoms with Gasteiger partial charge >= 0.3 is 0 Å². The van der Waals surface area contributed by atoms with Gasteiger partial charge < -0.3 is 4.74 Å². The van der Waals surface area contributed by atoms with Crippen LogP contribution in [-0.4, -0.2) is 27.4 Å². The van der Waals surface area contributed by atoms with E-state index in [1.54, 1.807) is 7.11 Å². The summed E-state index contributed by atoms with van der Waals surface area (Å²) in [7, 11) is -1.98. The summed E-state index contributed by atoms with van der Waals surface area (Å²) in [4.78, 5) is 11.4. The monoisotopic (exact) mass is 361 g/mol. The molecule has 0 saturated heterocycles. The van der Waals surface area contributed by atoms with Crippen LogP contribution < -0.4 is 9.46 Å². The van der Waals surface area contributed by atoms with Gasteiger partial charge in [-0.2, -0.15) is 0 Å². The van der Waals surface area contributed by atoms with Crippen LogP contribution in [0.4, 0.5) is 0 Å². The molecule has 1 atom stereocenters. The van der Waals surface area contributed by atoms with Crippen LogP contribution in [0.5, 0.6) is 5.75 Å². The van der Waals surface area contributed by atoms with E-state index in [0.29, 0.717) is 12.0 Å². The van der Waals surface area contributed by atoms with Crippen molar-refractivity contribution in [1.82, 2.24) is 4.72 Å². The van der Waals surface area contributed by atoms with Crippen molar-refractivity contribution in [3.05, 3.63) is 59.7 Å². The van der Waals surface area contributed by atoms with Crippen molar-refractivity contribution in [2.24, 2.45) is 0 Å². The average Bonchev–Trinajstić information content (AvgIpc) is 2.60. The van der Waals surface area contributed by atoms with Crippen molar-refractivity contribution >= 4 is 15.8 Å². The molecule has 0 aliphatic carbocycles. The van der Waals surface area contributed by atoms with Crippen molar-refractivity contribution < 1.29 is 17.9 Å². The molecule has 0 saturated carbocycles. The highest BCUT2D eigenvalue weighted by Crippen LogP contribution is 2.15. The Hall–Kier alpha value is -2.18. The smallest absolute Gasteiger partial charge is 0.240 e. The first-order valence-electron chi connectivity index (χ1n) is 8.08. The van der Waals surface area contributed by atoms with Crippen LogP contribution in [0.2, 0.25) is 0 Å². The van der Waals surface area contributed by atoms with Gasteiger partial charge in [-0.1, -0.05) is 24.3 Å². The molecule has 2 rings (SSSR count). The molecule has 0 bridgehead atoms. The van der Waals surface area contributed by atoms with Crippen LogP contribution in [0.3, 0.4) is 0 Å². The molecule has 5 nitrogen and oxygen atoms in total. The molecular formula is C19H23NO4S. The van der Waals surface area contributed by atoms with Crippen molar-refractivity contribution in [2.75, 3.05) is 7.11 Å². The average molecular weight is 361 g/mol. The van der Waals surface area contributed by atoms with Crippen LogP contribution in [0.25, 0.3) is 0 Å². The summed E-state index contributed by atoms with van der Waals surface area (Å²) in [6, 6.07) is 13.5. The van der Waals surface area contributed by atoms with Crippen molar-refractivity contribution in [1.29, 1.82) is 0 Å². The zero-order chi connectivity index (χ0) is 18.4. The molecule has 134 valence electrons. The van der Waals surface area contributed by atoms with Gasteiger partial charge in [-0.3, -0.25) is 4.79 Å². The van der Waals surface area contributed by atoms with Gasteiger partial charge in [0.05, 0.1) is 12.0 Å². The fourth-order valence-electron chi connectivity index (χ4n) is 2.44. The Bertz CT molecular complexity index is 812. The number of hydrogen-bond donors (Lipinski definition) is 1. The highest BCUT2D eigenvalue weighted by Gasteiger charge is 2.17. The minimum absolute atomic E-state index is 0.0928. The number of carbonyl (C=O) groups excluding carboxylic acids is 1. The molecule has 0 spiro atoms. The predicted molar refractivity (Wildman–Crippen MR) is 97.5 cm³/mol. The third-order valence-corrected chi connectivity index (χ3v) is 5.56. The maximum atomic E-state index is 12.4. The van der Waals surface area contributed by atoms with Gasteiger partial charge in [0, 0.05) is 11.6 Å². The van der Waals surface area contributed by atoms with Gasteiger partial charge in [-0.25, -0.2) is 13.1 Å². The Morgan fingerprint density at radius 2 is 1.68 bits per heavy atom. The molecule has 2 aromatic carbocycles. The highest BCUT2D eigenvalue weighted by atomic mass is 32.2. The number of nitrogens with one attached hydrogen (secondary N) is 1. The number of ether oxygens (including phenoxy) is 1. The molecule has 0 fully saturated rings. The molecule has 0 aliphatic rings. The van der Waals surface area contributed by atoms with Crippen molar-refractivity contribution in [3.8, 4) is 5.75 Å². The molecule has 0 amide bonds. The minimum atomic E-state index is -3.60. The van der Waals surface area contributed by atoms with E-state index in [1.807, 2.05) is 31.2 Å². The summed E-state index contributed by atoms with van der Waals surface area (Å²) < 4.78 is 32.6. The maximum absolute atomic E-state index is 12.4. The molecule has 0 radical (unpaired) electrons. The first kappa shape index (κ1) is 19.1. The molecule has 6 heteroatoms. The Morgan fingerprint density at radius 3 is 2.20 bits per heavy atom. The Kier molecular flexibility index (Phi) is 6.33. The quantitative estimate of drug-likeness (QED) is 0.733. The minimum Gasteiger partial charge on any atom is -0.497 e. The first-order valence-corrected chi connectivity index (χ1v) is 9.56. The molecule has 0 aliphatic heterocycles. The fraction of sp³-hybridized carbons (Fsp3) is 0.316. The number of sulfonamides is 1. The Labute approximate surface area is 149 Å². The van der Waals surface area contributed by atoms with Gasteiger partial charge in [0.1, 0.15) is 5.75 Å². The maximum Gasteiger partial charge on any atom is 0.240 e. The summed E-state index contributed by atoms with van der Waals surface area (Å²) in [5.74, 6) is 0.705. The normalized spacial score (nSPS) is 12.6. The van der Waals surface area contributed by atoms with E-state index in [2.05, 4.69) is 4.72 Å². The number of hydrogen-bond acceptors (Lipinski definition) is 4. The molecule has 0 aromatic heterocycles. The van der Waals surface area contributed by atoms with Gasteiger partial charge in [0.2, 0.25) is 10.0 Å². The number of Topliss-reactive ketones (excluding diaryl/α,β-unsaturated/α-hetero) is 1. The van der Waals surface area contributed by atoms with E-state index in [4.69, 9.17) is 4.74 Å². The molecule has 25 heavy (non-hydrogen) atoms. The standard InChI is InChI=1S/C19H23NO4S/c1-14(4-5-16-6-10-18(24-3)11-7-16)20-25(22,23)19-12-8-17(9-13-19)15(2)21/h6-14,20H,4-5H2,1-3H3. The second-order valence-electron chi connectivity index (χ2n) is 5.99. The molecule has 0 heterocycles. The van der Waals surface area contributed by atoms with E-state index in [0.717, 1.165) is 17.7 Å². The summed E-state index contributed by atoms with van der Waals surface area (Å²) in [5, 5.41) is 0. The lowest BCUT2D eigenvalue weighted by Crippen LogP contribution is -2.33. The Balaban J connectivity index is 1.95. The van der Waals surface area contributed by atoms with E-state index < -0.39 is 10.0 Å². The number of benzene rings is 2. The Morgan fingerprint density at radius 1 is 1.08 bits per heavy atom. The molecular weight excluding hydrogens is 338 g/mol. The van der Waals surface area contributed by atoms with Crippen molar-refractivity contribution in [2.45, 2.75) is 37.6 Å². The third kappa shape index (κ3) is 5.41. The van der Waals surface area contributed by atoms with E-state index in [9.17, 15) is 13.2 Å². The molecule has 1 N–H and O–H groups in total. The summed E-state index contributed by atoms with van der Waals surface area (Å²) in [5.41, 5.74) is 1.61. The van der Waals surface area contributed by atoms with Crippen LogP contribution in [0.15, 0.2) is 53.4 Å². The number of methoxy groups -OCH3 is 1. The molecule has 2 aromatic rings. The van der Waals surface area contributed by atoms with E-state index in [-0.39, 0.29) is 16.7 Å². The first-order chi connectivity index (χ1) is 11.8. The topological polar surface area (TPSA) is 72.5 Å². The van der Waals surface area contributed by atoms with Crippen LogP contribution >= 0.6 is 0 Å². The summed E-state index contributed by atoms with van der Waals surface area (Å²) in [6.45, 7) is 3.29. The highest BCUT2D eigenvalue weighted by molar-refractivity contribution is 7.89. The molecule has 1 unspecified atom stereocenters. The van der Waals surface area contributed by atoms with Crippen LogP contribution in [0.1, 0.15) is 36.2 Å². The number of rotatable bonds is 8. The van der Waals surface area contributed by atoms with Gasteiger partial charge in [0.15, 0.2) is 5.78 Å². The lowest BCUT2D eigenvalue weighted by atomic mass is 10.1. The van der Waals surface area contributed by atoms with Gasteiger partial charge in [-0.05, 0) is 56.5 Å². The number of carbonyl (C=O) groups is 1. The SMILES string of the molecule is COc1ccc(CCC(C)NS(=O)(=O)c2ccc(C(C)=O)cc2)cc1. The lowest BCUT2D eigenvalue weighted by molar-refractivity contribution is 0.101. The fourth-order valence-corrected chi connectivity index (χ4v) is 3.71. The second kappa shape index (κ2) is 8.27. The van der Waals surface area contributed by atoms with Gasteiger partial charge in [-0.15, -0.1) is 0 Å². The van der Waals surface area contributed by atoms with Gasteiger partial charge in [0.25, 0.3) is 0 Å². The summed E-state index contributed by atoms with van der Waals surface area (Å²) in [6.07, 6.45) is 1.44. The number of ketones is 1.